The van der Waals surface area contributed by atoms with Gasteiger partial charge in [-0.2, -0.15) is 13.2 Å². The van der Waals surface area contributed by atoms with E-state index in [1.807, 2.05) is 0 Å². The molecule has 2 N–H and O–H groups in total. The van der Waals surface area contributed by atoms with Crippen LogP contribution in [0.2, 0.25) is 0 Å². The quantitative estimate of drug-likeness (QED) is 0.799. The van der Waals surface area contributed by atoms with E-state index in [9.17, 15) is 27.6 Å². The molecule has 1 aliphatic heterocycles. The first kappa shape index (κ1) is 18.4. The molecule has 1 heterocycles. The molecule has 1 unspecified atom stereocenters. The molecule has 0 bridgehead atoms. The highest BCUT2D eigenvalue weighted by Crippen LogP contribution is 2.31. The number of rotatable bonds is 4. The number of aromatic carboxylic acids is 1. The van der Waals surface area contributed by atoms with Gasteiger partial charge in [0.25, 0.3) is 5.91 Å². The number of nitrogens with one attached hydrogen (secondary N) is 1. The number of hydrogen-bond donors (Lipinski definition) is 2. The number of imide groups is 1. The first-order valence-corrected chi connectivity index (χ1v) is 7.81. The van der Waals surface area contributed by atoms with Gasteiger partial charge in [-0.25, -0.2) is 9.69 Å². The number of carboxylic acids is 1. The number of nitrogens with zero attached hydrogens (tertiary/aromatic N) is 1. The zero-order chi connectivity index (χ0) is 19.8. The van der Waals surface area contributed by atoms with Crippen molar-refractivity contribution in [3.8, 4) is 0 Å². The van der Waals surface area contributed by atoms with Crippen LogP contribution in [0.3, 0.4) is 0 Å². The van der Waals surface area contributed by atoms with Crippen molar-refractivity contribution in [1.29, 1.82) is 0 Å². The highest BCUT2D eigenvalue weighted by Gasteiger charge is 2.40. The van der Waals surface area contributed by atoms with Gasteiger partial charge in [-0.3, -0.25) is 9.59 Å². The van der Waals surface area contributed by atoms with Gasteiger partial charge in [0.2, 0.25) is 5.91 Å². The van der Waals surface area contributed by atoms with Crippen LogP contribution in [-0.2, 0) is 15.8 Å². The summed E-state index contributed by atoms with van der Waals surface area (Å²) in [6, 6.07) is 8.49. The molecule has 27 heavy (non-hydrogen) atoms. The highest BCUT2D eigenvalue weighted by atomic mass is 19.4. The third-order valence-corrected chi connectivity index (χ3v) is 4.05. The zero-order valence-electron chi connectivity index (χ0n) is 13.7. The Morgan fingerprint density at radius 2 is 1.78 bits per heavy atom. The smallest absolute Gasteiger partial charge is 0.416 e. The van der Waals surface area contributed by atoms with Gasteiger partial charge in [-0.15, -0.1) is 0 Å². The van der Waals surface area contributed by atoms with Gasteiger partial charge in [0.15, 0.2) is 0 Å². The number of carbonyl (C=O) groups excluding carboxylic acids is 2. The van der Waals surface area contributed by atoms with Crippen LogP contribution < -0.4 is 10.2 Å². The molecular weight excluding hydrogens is 365 g/mol. The first-order chi connectivity index (χ1) is 12.7. The molecule has 9 heteroatoms. The normalized spacial score (nSPS) is 17.3. The molecule has 0 spiro atoms. The maximum atomic E-state index is 12.8. The SMILES string of the molecule is O=C(O)c1ccc(N2C(=O)CC(Nc3cccc(C(F)(F)F)c3)C2=O)cc1. The molecule has 0 aromatic heterocycles. The Hall–Kier alpha value is -3.36. The standard InChI is InChI=1S/C18H13F3N2O4/c19-18(20,21)11-2-1-3-12(8-11)22-14-9-15(24)23(16(14)25)13-6-4-10(5-7-13)17(26)27/h1-8,14,22H,9H2,(H,26,27). The van der Waals surface area contributed by atoms with Gasteiger partial charge in [0.05, 0.1) is 23.2 Å². The number of hydrogen-bond acceptors (Lipinski definition) is 4. The van der Waals surface area contributed by atoms with E-state index in [1.165, 1.54) is 36.4 Å². The summed E-state index contributed by atoms with van der Waals surface area (Å²) in [5, 5.41) is 11.5. The van der Waals surface area contributed by atoms with Gasteiger partial charge in [0, 0.05) is 5.69 Å². The summed E-state index contributed by atoms with van der Waals surface area (Å²) in [7, 11) is 0. The van der Waals surface area contributed by atoms with Gasteiger partial charge < -0.3 is 10.4 Å². The molecule has 2 aromatic carbocycles. The third kappa shape index (κ3) is 3.76. The minimum atomic E-state index is -4.52. The molecule has 1 atom stereocenters. The lowest BCUT2D eigenvalue weighted by Crippen LogP contribution is -2.34. The average molecular weight is 378 g/mol. The summed E-state index contributed by atoms with van der Waals surface area (Å²) in [5.41, 5.74) is -0.607. The molecule has 2 aromatic rings. The van der Waals surface area contributed by atoms with E-state index in [1.54, 1.807) is 0 Å². The second-order valence-corrected chi connectivity index (χ2v) is 5.90. The van der Waals surface area contributed by atoms with Crippen LogP contribution in [0.4, 0.5) is 24.5 Å². The van der Waals surface area contributed by atoms with Gasteiger partial charge in [-0.05, 0) is 42.5 Å². The molecule has 0 saturated carbocycles. The van der Waals surface area contributed by atoms with Gasteiger partial charge in [0.1, 0.15) is 6.04 Å². The number of halogens is 3. The fraction of sp³-hybridized carbons (Fsp3) is 0.167. The van der Waals surface area contributed by atoms with Crippen molar-refractivity contribution in [3.63, 3.8) is 0 Å². The zero-order valence-corrected chi connectivity index (χ0v) is 13.7. The predicted octanol–water partition coefficient (Wildman–Crippen LogP) is 3.15. The lowest BCUT2D eigenvalue weighted by molar-refractivity contribution is -0.137. The molecule has 0 radical (unpaired) electrons. The fourth-order valence-electron chi connectivity index (χ4n) is 2.76. The minimum Gasteiger partial charge on any atom is -0.478 e. The Morgan fingerprint density at radius 1 is 1.11 bits per heavy atom. The lowest BCUT2D eigenvalue weighted by Gasteiger charge is -2.17. The van der Waals surface area contributed by atoms with Gasteiger partial charge >= 0.3 is 12.1 Å². The van der Waals surface area contributed by atoms with Crippen LogP contribution in [0.5, 0.6) is 0 Å². The van der Waals surface area contributed by atoms with Crippen molar-refractivity contribution in [3.05, 3.63) is 59.7 Å². The fourth-order valence-corrected chi connectivity index (χ4v) is 2.76. The second kappa shape index (κ2) is 6.75. The van der Waals surface area contributed by atoms with Crippen molar-refractivity contribution in [1.82, 2.24) is 0 Å². The topological polar surface area (TPSA) is 86.7 Å². The summed E-state index contributed by atoms with van der Waals surface area (Å²) in [5.74, 6) is -2.31. The van der Waals surface area contributed by atoms with Crippen molar-refractivity contribution >= 4 is 29.2 Å². The maximum absolute atomic E-state index is 12.8. The van der Waals surface area contributed by atoms with Crippen LogP contribution in [-0.4, -0.2) is 28.9 Å². The average Bonchev–Trinajstić information content (AvgIpc) is 2.88. The van der Waals surface area contributed by atoms with E-state index in [4.69, 9.17) is 5.11 Å². The van der Waals surface area contributed by atoms with Crippen molar-refractivity contribution in [2.24, 2.45) is 0 Å². The summed E-state index contributed by atoms with van der Waals surface area (Å²) >= 11 is 0. The number of alkyl halides is 3. The molecule has 140 valence electrons. The summed E-state index contributed by atoms with van der Waals surface area (Å²) in [6.45, 7) is 0. The second-order valence-electron chi connectivity index (χ2n) is 5.90. The number of carbonyl (C=O) groups is 3. The number of amides is 2. The van der Waals surface area contributed by atoms with Crippen LogP contribution in [0.15, 0.2) is 48.5 Å². The van der Waals surface area contributed by atoms with Crippen LogP contribution in [0.25, 0.3) is 0 Å². The highest BCUT2D eigenvalue weighted by molar-refractivity contribution is 6.23. The van der Waals surface area contributed by atoms with Gasteiger partial charge in [-0.1, -0.05) is 6.07 Å². The molecule has 0 aliphatic carbocycles. The first-order valence-electron chi connectivity index (χ1n) is 7.81. The number of anilines is 2. The Balaban J connectivity index is 1.79. The Morgan fingerprint density at radius 3 is 2.37 bits per heavy atom. The summed E-state index contributed by atoms with van der Waals surface area (Å²) < 4.78 is 38.4. The van der Waals surface area contributed by atoms with E-state index < -0.39 is 35.6 Å². The molecule has 3 rings (SSSR count). The van der Waals surface area contributed by atoms with Crippen LogP contribution >= 0.6 is 0 Å². The van der Waals surface area contributed by atoms with Crippen molar-refractivity contribution < 1.29 is 32.7 Å². The number of carboxylic acid groups (broad SMARTS) is 1. The molecular formula is C18H13F3N2O4. The molecule has 2 amide bonds. The minimum absolute atomic E-state index is 0.00325. The Labute approximate surface area is 151 Å². The molecule has 1 fully saturated rings. The largest absolute Gasteiger partial charge is 0.478 e. The molecule has 1 aliphatic rings. The summed E-state index contributed by atoms with van der Waals surface area (Å²) in [6.07, 6.45) is -4.75. The summed E-state index contributed by atoms with van der Waals surface area (Å²) in [4.78, 5) is 36.5. The van der Waals surface area contributed by atoms with Crippen LogP contribution in [0.1, 0.15) is 22.3 Å². The van der Waals surface area contributed by atoms with E-state index >= 15 is 0 Å². The number of benzene rings is 2. The van der Waals surface area contributed by atoms with Crippen molar-refractivity contribution in [2.75, 3.05) is 10.2 Å². The Bertz CT molecular complexity index is 910. The predicted molar refractivity (Wildman–Crippen MR) is 89.4 cm³/mol. The monoisotopic (exact) mass is 378 g/mol. The van der Waals surface area contributed by atoms with E-state index in [-0.39, 0.29) is 23.4 Å². The van der Waals surface area contributed by atoms with Crippen LogP contribution in [0, 0.1) is 0 Å². The Kier molecular flexibility index (Phi) is 4.61. The van der Waals surface area contributed by atoms with E-state index in [0.29, 0.717) is 0 Å². The maximum Gasteiger partial charge on any atom is 0.416 e. The molecule has 1 saturated heterocycles. The lowest BCUT2D eigenvalue weighted by atomic mass is 10.1. The van der Waals surface area contributed by atoms with E-state index in [0.717, 1.165) is 17.0 Å². The van der Waals surface area contributed by atoms with E-state index in [2.05, 4.69) is 5.32 Å². The molecule has 6 nitrogen and oxygen atoms in total. The van der Waals surface area contributed by atoms with Crippen molar-refractivity contribution in [2.45, 2.75) is 18.6 Å². The third-order valence-electron chi connectivity index (χ3n) is 4.05.